The lowest BCUT2D eigenvalue weighted by atomic mass is 10.1. The summed E-state index contributed by atoms with van der Waals surface area (Å²) in [7, 11) is 1.45. The second-order valence-corrected chi connectivity index (χ2v) is 6.93. The maximum Gasteiger partial charge on any atom is 0.245 e. The first kappa shape index (κ1) is 18.9. The molecule has 0 unspecified atom stereocenters. The topological polar surface area (TPSA) is 91.2 Å². The van der Waals surface area contributed by atoms with Crippen molar-refractivity contribution >= 4 is 39.6 Å². The highest BCUT2D eigenvalue weighted by atomic mass is 79.9. The Kier molecular flexibility index (Phi) is 5.75. The Morgan fingerprint density at radius 2 is 2.07 bits per heavy atom. The lowest BCUT2D eigenvalue weighted by Gasteiger charge is -2.16. The van der Waals surface area contributed by atoms with E-state index in [0.717, 1.165) is 10.2 Å². The van der Waals surface area contributed by atoms with E-state index < -0.39 is 5.92 Å². The molecule has 1 heterocycles. The van der Waals surface area contributed by atoms with Crippen LogP contribution in [0.25, 0.3) is 0 Å². The SMILES string of the molecule is COc1cccc(/C=N\NC(=O)[C@H]2CC(=O)N(c3ccc(Br)cc3)C2)c1O. The number of para-hydroxylation sites is 1. The third kappa shape index (κ3) is 4.28. The van der Waals surface area contributed by atoms with Crippen LogP contribution in [0.4, 0.5) is 5.69 Å². The van der Waals surface area contributed by atoms with Crippen molar-refractivity contribution in [3.63, 3.8) is 0 Å². The molecule has 0 radical (unpaired) electrons. The molecule has 1 saturated heterocycles. The number of benzene rings is 2. The number of rotatable bonds is 5. The number of phenols is 1. The zero-order chi connectivity index (χ0) is 19.4. The Balaban J connectivity index is 1.62. The van der Waals surface area contributed by atoms with E-state index in [4.69, 9.17) is 4.74 Å². The zero-order valence-corrected chi connectivity index (χ0v) is 16.1. The van der Waals surface area contributed by atoms with Crippen LogP contribution in [0.15, 0.2) is 52.0 Å². The van der Waals surface area contributed by atoms with Crippen LogP contribution in [-0.2, 0) is 9.59 Å². The third-order valence-corrected chi connectivity index (χ3v) is 4.79. The monoisotopic (exact) mass is 431 g/mol. The number of carbonyl (C=O) groups is 2. The van der Waals surface area contributed by atoms with Crippen molar-refractivity contribution in [3.8, 4) is 11.5 Å². The van der Waals surface area contributed by atoms with Gasteiger partial charge >= 0.3 is 0 Å². The highest BCUT2D eigenvalue weighted by Gasteiger charge is 2.35. The first-order chi connectivity index (χ1) is 13.0. The minimum Gasteiger partial charge on any atom is -0.504 e. The van der Waals surface area contributed by atoms with Crippen molar-refractivity contribution in [1.29, 1.82) is 0 Å². The second-order valence-electron chi connectivity index (χ2n) is 6.01. The lowest BCUT2D eigenvalue weighted by molar-refractivity contribution is -0.126. The highest BCUT2D eigenvalue weighted by Crippen LogP contribution is 2.28. The van der Waals surface area contributed by atoms with Crippen LogP contribution in [0, 0.1) is 5.92 Å². The number of aromatic hydroxyl groups is 1. The molecule has 0 bridgehead atoms. The van der Waals surface area contributed by atoms with Gasteiger partial charge in [-0.3, -0.25) is 9.59 Å². The number of hydrazone groups is 1. The molecule has 0 spiro atoms. The summed E-state index contributed by atoms with van der Waals surface area (Å²) < 4.78 is 5.94. The summed E-state index contributed by atoms with van der Waals surface area (Å²) in [5, 5.41) is 13.9. The fraction of sp³-hybridized carbons (Fsp3) is 0.211. The van der Waals surface area contributed by atoms with E-state index in [2.05, 4.69) is 26.5 Å². The largest absolute Gasteiger partial charge is 0.504 e. The van der Waals surface area contributed by atoms with Crippen molar-refractivity contribution < 1.29 is 19.4 Å². The molecule has 1 aliphatic rings. The molecule has 3 rings (SSSR count). The molecule has 1 atom stereocenters. The standard InChI is InChI=1S/C19H18BrN3O4/c1-27-16-4-2-3-12(18(16)25)10-21-22-19(26)13-9-17(24)23(11-13)15-7-5-14(20)6-8-15/h2-8,10,13,25H,9,11H2,1H3,(H,22,26)/b21-10-/t13-/m0/s1. The zero-order valence-electron chi connectivity index (χ0n) is 14.6. The van der Waals surface area contributed by atoms with Gasteiger partial charge in [0, 0.05) is 28.7 Å². The first-order valence-electron chi connectivity index (χ1n) is 8.24. The van der Waals surface area contributed by atoms with Crippen LogP contribution in [-0.4, -0.2) is 36.8 Å². The Hall–Kier alpha value is -2.87. The van der Waals surface area contributed by atoms with E-state index >= 15 is 0 Å². The normalized spacial score (nSPS) is 16.7. The summed E-state index contributed by atoms with van der Waals surface area (Å²) in [6, 6.07) is 12.3. The summed E-state index contributed by atoms with van der Waals surface area (Å²) in [5.74, 6) is -0.682. The molecule has 7 nitrogen and oxygen atoms in total. The average molecular weight is 432 g/mol. The number of anilines is 1. The second kappa shape index (κ2) is 8.22. The summed E-state index contributed by atoms with van der Waals surface area (Å²) in [4.78, 5) is 26.1. The number of phenolic OH excluding ortho intramolecular Hbond substituents is 1. The number of nitrogens with one attached hydrogen (secondary N) is 1. The molecule has 8 heteroatoms. The molecule has 2 aromatic carbocycles. The van der Waals surface area contributed by atoms with Gasteiger partial charge in [0.1, 0.15) is 0 Å². The molecule has 2 aromatic rings. The molecular formula is C19H18BrN3O4. The molecule has 140 valence electrons. The van der Waals surface area contributed by atoms with Crippen LogP contribution in [0.1, 0.15) is 12.0 Å². The average Bonchev–Trinajstić information content (AvgIpc) is 3.05. The maximum absolute atomic E-state index is 12.3. The first-order valence-corrected chi connectivity index (χ1v) is 9.03. The van der Waals surface area contributed by atoms with Gasteiger partial charge < -0.3 is 14.7 Å². The third-order valence-electron chi connectivity index (χ3n) is 4.26. The van der Waals surface area contributed by atoms with Gasteiger partial charge in [-0.05, 0) is 36.4 Å². The fourth-order valence-electron chi connectivity index (χ4n) is 2.82. The van der Waals surface area contributed by atoms with Crippen LogP contribution < -0.4 is 15.1 Å². The minimum atomic E-state index is -0.489. The van der Waals surface area contributed by atoms with Crippen molar-refractivity contribution in [2.24, 2.45) is 11.0 Å². The molecule has 0 aromatic heterocycles. The molecule has 2 amide bonds. The Morgan fingerprint density at radius 1 is 1.33 bits per heavy atom. The number of amides is 2. The molecule has 1 fully saturated rings. The maximum atomic E-state index is 12.3. The van der Waals surface area contributed by atoms with Gasteiger partial charge in [0.2, 0.25) is 11.8 Å². The molecule has 1 aliphatic heterocycles. The predicted molar refractivity (Wildman–Crippen MR) is 105 cm³/mol. The van der Waals surface area contributed by atoms with Gasteiger partial charge in [-0.1, -0.05) is 22.0 Å². The number of hydrogen-bond donors (Lipinski definition) is 2. The van der Waals surface area contributed by atoms with Crippen LogP contribution in [0.3, 0.4) is 0 Å². The number of hydrogen-bond acceptors (Lipinski definition) is 5. The molecular weight excluding hydrogens is 414 g/mol. The number of carbonyl (C=O) groups excluding carboxylic acids is 2. The highest BCUT2D eigenvalue weighted by molar-refractivity contribution is 9.10. The number of methoxy groups -OCH3 is 1. The summed E-state index contributed by atoms with van der Waals surface area (Å²) in [5.41, 5.74) is 3.60. The van der Waals surface area contributed by atoms with Crippen molar-refractivity contribution in [3.05, 3.63) is 52.5 Å². The predicted octanol–water partition coefficient (Wildman–Crippen LogP) is 2.67. The number of halogens is 1. The summed E-state index contributed by atoms with van der Waals surface area (Å²) in [6.07, 6.45) is 1.46. The number of ether oxygens (including phenoxy) is 1. The van der Waals surface area contributed by atoms with Gasteiger partial charge in [-0.2, -0.15) is 5.10 Å². The van der Waals surface area contributed by atoms with E-state index in [0.29, 0.717) is 17.9 Å². The van der Waals surface area contributed by atoms with Gasteiger partial charge in [-0.25, -0.2) is 5.43 Å². The van der Waals surface area contributed by atoms with E-state index in [1.54, 1.807) is 23.1 Å². The van der Waals surface area contributed by atoms with Crippen LogP contribution >= 0.6 is 15.9 Å². The summed E-state index contributed by atoms with van der Waals surface area (Å²) in [6.45, 7) is 0.298. The molecule has 2 N–H and O–H groups in total. The Bertz CT molecular complexity index is 883. The van der Waals surface area contributed by atoms with Crippen LogP contribution in [0.2, 0.25) is 0 Å². The fourth-order valence-corrected chi connectivity index (χ4v) is 3.08. The van der Waals surface area contributed by atoms with Gasteiger partial charge in [0.05, 0.1) is 19.2 Å². The smallest absolute Gasteiger partial charge is 0.245 e. The Morgan fingerprint density at radius 3 is 2.78 bits per heavy atom. The Labute approximate surface area is 164 Å². The van der Waals surface area contributed by atoms with E-state index in [9.17, 15) is 14.7 Å². The lowest BCUT2D eigenvalue weighted by Crippen LogP contribution is -2.30. The number of nitrogens with zero attached hydrogens (tertiary/aromatic N) is 2. The molecule has 0 aliphatic carbocycles. The summed E-state index contributed by atoms with van der Waals surface area (Å²) >= 11 is 3.36. The van der Waals surface area contributed by atoms with Crippen molar-refractivity contribution in [2.75, 3.05) is 18.6 Å². The quantitative estimate of drug-likeness (QED) is 0.562. The van der Waals surface area contributed by atoms with E-state index in [1.807, 2.05) is 24.3 Å². The van der Waals surface area contributed by atoms with Gasteiger partial charge in [0.15, 0.2) is 11.5 Å². The van der Waals surface area contributed by atoms with Crippen molar-refractivity contribution in [2.45, 2.75) is 6.42 Å². The molecule has 0 saturated carbocycles. The van der Waals surface area contributed by atoms with E-state index in [-0.39, 0.29) is 24.0 Å². The van der Waals surface area contributed by atoms with Crippen LogP contribution in [0.5, 0.6) is 11.5 Å². The van der Waals surface area contributed by atoms with Gasteiger partial charge in [0.25, 0.3) is 0 Å². The van der Waals surface area contributed by atoms with E-state index in [1.165, 1.54) is 13.3 Å². The minimum absolute atomic E-state index is 0.0598. The van der Waals surface area contributed by atoms with Gasteiger partial charge in [-0.15, -0.1) is 0 Å². The molecule has 27 heavy (non-hydrogen) atoms. The van der Waals surface area contributed by atoms with Crippen molar-refractivity contribution in [1.82, 2.24) is 5.43 Å².